The molecule has 0 aliphatic rings. The largest absolute Gasteiger partial charge is 0.381 e. The zero-order valence-electron chi connectivity index (χ0n) is 18.0. The molecule has 3 rings (SSSR count). The molecule has 1 N–H and O–H groups in total. The number of aryl methyl sites for hydroxylation is 1. The van der Waals surface area contributed by atoms with Gasteiger partial charge in [0.1, 0.15) is 0 Å². The number of hydrogen-bond acceptors (Lipinski definition) is 3. The lowest BCUT2D eigenvalue weighted by Gasteiger charge is -2.22. The average molecular weight is 410 g/mol. The number of benzene rings is 2. The second-order valence-corrected chi connectivity index (χ2v) is 8.23. The summed E-state index contributed by atoms with van der Waals surface area (Å²) in [5, 5.41) is 5.62. The molecule has 1 aromatic heterocycles. The molecule has 0 aliphatic carbocycles. The molecule has 4 heteroatoms. The van der Waals surface area contributed by atoms with Gasteiger partial charge in [-0.15, -0.1) is 0 Å². The molecule has 0 aliphatic heterocycles. The van der Waals surface area contributed by atoms with Crippen molar-refractivity contribution in [3.8, 4) is 11.1 Å². The number of anilines is 1. The molecule has 1 atom stereocenters. The Kier molecular flexibility index (Phi) is 7.51. The van der Waals surface area contributed by atoms with Crippen LogP contribution >= 0.6 is 11.6 Å². The third-order valence-corrected chi connectivity index (χ3v) is 5.83. The number of fused-ring (bicyclic) bond motifs is 1. The van der Waals surface area contributed by atoms with E-state index in [-0.39, 0.29) is 0 Å². The fourth-order valence-corrected chi connectivity index (χ4v) is 3.92. The first kappa shape index (κ1) is 21.6. The standard InChI is InChI=1S/C25H32ClN3/c1-5-29(6-2)15-7-8-19(4)28-25-22-14-13-21(26)16-24(22)27-17-23(25)20-11-9-18(3)10-12-20/h9-14,16-17,19H,5-8,15H2,1-4H3,(H,27,28). The minimum Gasteiger partial charge on any atom is -0.381 e. The molecule has 0 amide bonds. The highest BCUT2D eigenvalue weighted by atomic mass is 35.5. The maximum atomic E-state index is 6.21. The van der Waals surface area contributed by atoms with Crippen molar-refractivity contribution >= 4 is 28.2 Å². The summed E-state index contributed by atoms with van der Waals surface area (Å²) in [5.74, 6) is 0. The first-order valence-corrected chi connectivity index (χ1v) is 11.0. The van der Waals surface area contributed by atoms with Crippen LogP contribution in [0.4, 0.5) is 5.69 Å². The molecule has 1 heterocycles. The Balaban J connectivity index is 1.89. The maximum absolute atomic E-state index is 6.21. The molecule has 29 heavy (non-hydrogen) atoms. The number of pyridine rings is 1. The van der Waals surface area contributed by atoms with Gasteiger partial charge in [0.05, 0.1) is 11.2 Å². The van der Waals surface area contributed by atoms with E-state index in [9.17, 15) is 0 Å². The van der Waals surface area contributed by atoms with Crippen LogP contribution in [0.15, 0.2) is 48.7 Å². The van der Waals surface area contributed by atoms with Crippen LogP contribution in [0.25, 0.3) is 22.0 Å². The van der Waals surface area contributed by atoms with Gasteiger partial charge in [-0.25, -0.2) is 0 Å². The Morgan fingerprint density at radius 1 is 1.07 bits per heavy atom. The maximum Gasteiger partial charge on any atom is 0.0738 e. The van der Waals surface area contributed by atoms with Gasteiger partial charge in [-0.05, 0) is 70.1 Å². The minimum atomic E-state index is 0.371. The highest BCUT2D eigenvalue weighted by Crippen LogP contribution is 2.35. The molecule has 0 bridgehead atoms. The number of nitrogens with zero attached hydrogens (tertiary/aromatic N) is 2. The molecule has 2 aromatic carbocycles. The summed E-state index contributed by atoms with van der Waals surface area (Å²) in [4.78, 5) is 7.17. The summed E-state index contributed by atoms with van der Waals surface area (Å²) in [7, 11) is 0. The lowest BCUT2D eigenvalue weighted by Crippen LogP contribution is -2.25. The van der Waals surface area contributed by atoms with Gasteiger partial charge in [0, 0.05) is 28.2 Å². The third kappa shape index (κ3) is 5.49. The summed E-state index contributed by atoms with van der Waals surface area (Å²) in [6.07, 6.45) is 4.28. The van der Waals surface area contributed by atoms with Gasteiger partial charge < -0.3 is 10.2 Å². The van der Waals surface area contributed by atoms with Gasteiger partial charge in [-0.3, -0.25) is 4.98 Å². The molecule has 3 aromatic rings. The van der Waals surface area contributed by atoms with Crippen LogP contribution in [-0.4, -0.2) is 35.6 Å². The van der Waals surface area contributed by atoms with E-state index in [0.717, 1.165) is 48.2 Å². The van der Waals surface area contributed by atoms with Crippen molar-refractivity contribution in [3.05, 3.63) is 59.2 Å². The molecule has 0 spiro atoms. The topological polar surface area (TPSA) is 28.2 Å². The smallest absolute Gasteiger partial charge is 0.0738 e. The number of aromatic nitrogens is 1. The van der Waals surface area contributed by atoms with Gasteiger partial charge in [-0.1, -0.05) is 55.3 Å². The van der Waals surface area contributed by atoms with E-state index in [0.29, 0.717) is 11.1 Å². The molecule has 0 fully saturated rings. The van der Waals surface area contributed by atoms with Crippen LogP contribution in [-0.2, 0) is 0 Å². The fraction of sp³-hybridized carbons (Fsp3) is 0.400. The molecule has 0 saturated carbocycles. The van der Waals surface area contributed by atoms with Crippen molar-refractivity contribution in [1.29, 1.82) is 0 Å². The predicted octanol–water partition coefficient (Wildman–Crippen LogP) is 6.79. The fourth-order valence-electron chi connectivity index (χ4n) is 3.75. The Bertz CT molecular complexity index is 933. The summed E-state index contributed by atoms with van der Waals surface area (Å²) < 4.78 is 0. The highest BCUT2D eigenvalue weighted by molar-refractivity contribution is 6.31. The van der Waals surface area contributed by atoms with Crippen molar-refractivity contribution in [2.45, 2.75) is 46.6 Å². The van der Waals surface area contributed by atoms with Crippen LogP contribution < -0.4 is 5.32 Å². The van der Waals surface area contributed by atoms with Gasteiger partial charge >= 0.3 is 0 Å². The van der Waals surface area contributed by atoms with Gasteiger partial charge in [0.2, 0.25) is 0 Å². The average Bonchev–Trinajstić information content (AvgIpc) is 2.72. The molecular weight excluding hydrogens is 378 g/mol. The number of hydrogen-bond donors (Lipinski definition) is 1. The molecule has 3 nitrogen and oxygen atoms in total. The summed E-state index contributed by atoms with van der Waals surface area (Å²) >= 11 is 6.21. The molecule has 1 unspecified atom stereocenters. The van der Waals surface area contributed by atoms with Crippen LogP contribution in [0.3, 0.4) is 0 Å². The summed E-state index contributed by atoms with van der Waals surface area (Å²) in [6, 6.07) is 15.0. The van der Waals surface area contributed by atoms with Crippen molar-refractivity contribution in [1.82, 2.24) is 9.88 Å². The Hall–Kier alpha value is -2.10. The van der Waals surface area contributed by atoms with Crippen molar-refractivity contribution in [2.75, 3.05) is 25.0 Å². The summed E-state index contributed by atoms with van der Waals surface area (Å²) in [6.45, 7) is 12.2. The Morgan fingerprint density at radius 3 is 2.48 bits per heavy atom. The van der Waals surface area contributed by atoms with Gasteiger partial charge in [0.25, 0.3) is 0 Å². The normalized spacial score (nSPS) is 12.5. The molecule has 154 valence electrons. The second-order valence-electron chi connectivity index (χ2n) is 7.79. The van der Waals surface area contributed by atoms with E-state index < -0.39 is 0 Å². The summed E-state index contributed by atoms with van der Waals surface area (Å²) in [5.41, 5.74) is 5.64. The van der Waals surface area contributed by atoms with E-state index in [1.165, 1.54) is 17.5 Å². The second kappa shape index (κ2) is 10.1. The van der Waals surface area contributed by atoms with E-state index in [1.54, 1.807) is 0 Å². The van der Waals surface area contributed by atoms with Crippen molar-refractivity contribution in [2.24, 2.45) is 0 Å². The van der Waals surface area contributed by atoms with E-state index in [4.69, 9.17) is 11.6 Å². The minimum absolute atomic E-state index is 0.371. The Labute approximate surface area is 180 Å². The molecule has 0 radical (unpaired) electrons. The number of halogens is 1. The van der Waals surface area contributed by atoms with Crippen molar-refractivity contribution in [3.63, 3.8) is 0 Å². The number of rotatable bonds is 9. The Morgan fingerprint density at radius 2 is 1.79 bits per heavy atom. The monoisotopic (exact) mass is 409 g/mol. The lowest BCUT2D eigenvalue weighted by molar-refractivity contribution is 0.295. The van der Waals surface area contributed by atoms with Crippen LogP contribution in [0.5, 0.6) is 0 Å². The first-order valence-electron chi connectivity index (χ1n) is 10.7. The highest BCUT2D eigenvalue weighted by Gasteiger charge is 2.14. The third-order valence-electron chi connectivity index (χ3n) is 5.59. The predicted molar refractivity (Wildman–Crippen MR) is 127 cm³/mol. The van der Waals surface area contributed by atoms with Gasteiger partial charge in [0.15, 0.2) is 0 Å². The molecule has 0 saturated heterocycles. The van der Waals surface area contributed by atoms with Crippen LogP contribution in [0, 0.1) is 6.92 Å². The lowest BCUT2D eigenvalue weighted by atomic mass is 10.0. The van der Waals surface area contributed by atoms with Crippen LogP contribution in [0.1, 0.15) is 39.2 Å². The quantitative estimate of drug-likeness (QED) is 0.421. The van der Waals surface area contributed by atoms with E-state index in [2.05, 4.69) is 73.2 Å². The number of nitrogens with one attached hydrogen (secondary N) is 1. The SMILES string of the molecule is CCN(CC)CCCC(C)Nc1c(-c2ccc(C)cc2)cnc2cc(Cl)ccc12. The van der Waals surface area contributed by atoms with Gasteiger partial charge in [-0.2, -0.15) is 0 Å². The van der Waals surface area contributed by atoms with E-state index >= 15 is 0 Å². The van der Waals surface area contributed by atoms with Crippen molar-refractivity contribution < 1.29 is 0 Å². The van der Waals surface area contributed by atoms with Crippen LogP contribution in [0.2, 0.25) is 5.02 Å². The zero-order valence-corrected chi connectivity index (χ0v) is 18.8. The first-order chi connectivity index (χ1) is 14.0. The molecular formula is C25H32ClN3. The van der Waals surface area contributed by atoms with E-state index in [1.807, 2.05) is 18.3 Å². The zero-order chi connectivity index (χ0) is 20.8.